The fraction of sp³-hybridized carbons (Fsp3) is 0.429. The predicted octanol–water partition coefficient (Wildman–Crippen LogP) is 4.93. The molecule has 34 heavy (non-hydrogen) atoms. The molecule has 1 heterocycles. The highest BCUT2D eigenvalue weighted by Gasteiger charge is 2.45. The number of likely N-dealkylation sites (N-methyl/N-ethyl adjacent to an activating group) is 1. The Bertz CT molecular complexity index is 1080. The average molecular weight is 465 g/mol. The number of likely N-dealkylation sites (tertiary alicyclic amines) is 1. The summed E-state index contributed by atoms with van der Waals surface area (Å²) in [4.78, 5) is 29.9. The van der Waals surface area contributed by atoms with Gasteiger partial charge in [-0.15, -0.1) is 0 Å². The molecule has 1 unspecified atom stereocenters. The average Bonchev–Trinajstić information content (AvgIpc) is 3.06. The van der Waals surface area contributed by atoms with E-state index in [1.54, 1.807) is 24.1 Å². The zero-order valence-corrected chi connectivity index (χ0v) is 21.3. The van der Waals surface area contributed by atoms with Crippen molar-refractivity contribution in [2.75, 3.05) is 34.3 Å². The number of benzene rings is 2. The second kappa shape index (κ2) is 10.4. The van der Waals surface area contributed by atoms with E-state index in [4.69, 9.17) is 4.74 Å². The molecule has 0 saturated carbocycles. The van der Waals surface area contributed by atoms with Crippen LogP contribution in [0.2, 0.25) is 0 Å². The lowest BCUT2D eigenvalue weighted by Crippen LogP contribution is -2.35. The van der Waals surface area contributed by atoms with Crippen molar-refractivity contribution in [2.45, 2.75) is 45.6 Å². The number of ketones is 1. The van der Waals surface area contributed by atoms with Crippen LogP contribution >= 0.6 is 0 Å². The van der Waals surface area contributed by atoms with Crippen molar-refractivity contribution in [3.05, 3.63) is 70.3 Å². The molecule has 6 heteroatoms. The number of hydrogen-bond acceptors (Lipinski definition) is 5. The third-order valence-corrected chi connectivity index (χ3v) is 6.37. The fourth-order valence-corrected chi connectivity index (χ4v) is 4.32. The largest absolute Gasteiger partial charge is 0.507 e. The van der Waals surface area contributed by atoms with Crippen molar-refractivity contribution in [3.8, 4) is 5.75 Å². The van der Waals surface area contributed by atoms with E-state index in [2.05, 4.69) is 13.8 Å². The summed E-state index contributed by atoms with van der Waals surface area (Å²) in [7, 11) is 5.46. The Labute approximate surface area is 202 Å². The second-order valence-electron chi connectivity index (χ2n) is 9.73. The Morgan fingerprint density at radius 2 is 1.68 bits per heavy atom. The SMILES string of the molecule is COc1ccc(/C(O)=C2/C(=O)C(=O)N(CCN(C)C)C2c2ccc(C(C)C)cc2)cc1C(C)C. The molecule has 2 aromatic rings. The van der Waals surface area contributed by atoms with Crippen molar-refractivity contribution in [1.29, 1.82) is 0 Å². The number of nitrogens with zero attached hydrogens (tertiary/aromatic N) is 2. The van der Waals surface area contributed by atoms with Crippen LogP contribution in [0.3, 0.4) is 0 Å². The molecule has 1 fully saturated rings. The van der Waals surface area contributed by atoms with Gasteiger partial charge < -0.3 is 19.6 Å². The lowest BCUT2D eigenvalue weighted by Gasteiger charge is -2.27. The molecule has 1 atom stereocenters. The zero-order chi connectivity index (χ0) is 25.2. The molecule has 3 rings (SSSR count). The molecule has 2 aromatic carbocycles. The third-order valence-electron chi connectivity index (χ3n) is 6.37. The Hall–Kier alpha value is -3.12. The van der Waals surface area contributed by atoms with Crippen LogP contribution in [0.15, 0.2) is 48.0 Å². The quantitative estimate of drug-likeness (QED) is 0.341. The van der Waals surface area contributed by atoms with Crippen molar-refractivity contribution in [1.82, 2.24) is 9.80 Å². The smallest absolute Gasteiger partial charge is 0.295 e. The zero-order valence-electron chi connectivity index (χ0n) is 21.3. The van der Waals surface area contributed by atoms with Crippen LogP contribution in [0.5, 0.6) is 5.75 Å². The van der Waals surface area contributed by atoms with E-state index in [0.29, 0.717) is 24.6 Å². The normalized spacial score (nSPS) is 17.9. The van der Waals surface area contributed by atoms with Crippen LogP contribution in [-0.4, -0.2) is 60.9 Å². The molecule has 0 bridgehead atoms. The minimum Gasteiger partial charge on any atom is -0.507 e. The molecule has 0 aromatic heterocycles. The monoisotopic (exact) mass is 464 g/mol. The topological polar surface area (TPSA) is 70.1 Å². The van der Waals surface area contributed by atoms with Gasteiger partial charge in [-0.2, -0.15) is 0 Å². The summed E-state index contributed by atoms with van der Waals surface area (Å²) < 4.78 is 5.47. The molecule has 0 aliphatic carbocycles. The molecular weight excluding hydrogens is 428 g/mol. The van der Waals surface area contributed by atoms with Crippen LogP contribution < -0.4 is 4.74 Å². The maximum Gasteiger partial charge on any atom is 0.295 e. The maximum atomic E-state index is 13.2. The van der Waals surface area contributed by atoms with Crippen LogP contribution in [0, 0.1) is 0 Å². The van der Waals surface area contributed by atoms with E-state index in [9.17, 15) is 14.7 Å². The minimum atomic E-state index is -0.656. The standard InChI is InChI=1S/C28H36N2O4/c1-17(2)19-8-10-20(11-9-19)25-24(27(32)28(33)30(25)15-14-29(5)6)26(31)21-12-13-23(34-7)22(16-21)18(3)4/h8-13,16-18,25,31H,14-15H2,1-7H3/b26-24-. The van der Waals surface area contributed by atoms with E-state index in [1.807, 2.05) is 63.2 Å². The van der Waals surface area contributed by atoms with Crippen LogP contribution in [-0.2, 0) is 9.59 Å². The van der Waals surface area contributed by atoms with E-state index in [-0.39, 0.29) is 17.3 Å². The summed E-state index contributed by atoms with van der Waals surface area (Å²) in [6, 6.07) is 12.7. The van der Waals surface area contributed by atoms with Crippen molar-refractivity contribution >= 4 is 17.4 Å². The molecule has 1 aliphatic rings. The molecule has 1 amide bonds. The number of carbonyl (C=O) groups excluding carboxylic acids is 2. The Kier molecular flexibility index (Phi) is 7.82. The Balaban J connectivity index is 2.17. The van der Waals surface area contributed by atoms with Gasteiger partial charge in [0.25, 0.3) is 11.7 Å². The highest BCUT2D eigenvalue weighted by Crippen LogP contribution is 2.40. The molecular formula is C28H36N2O4. The number of methoxy groups -OCH3 is 1. The maximum absolute atomic E-state index is 13.2. The molecule has 182 valence electrons. The van der Waals surface area contributed by atoms with Gasteiger partial charge >= 0.3 is 0 Å². The van der Waals surface area contributed by atoms with E-state index < -0.39 is 17.7 Å². The first-order valence-corrected chi connectivity index (χ1v) is 11.8. The van der Waals surface area contributed by atoms with Gasteiger partial charge in [-0.1, -0.05) is 52.0 Å². The van der Waals surface area contributed by atoms with Crippen molar-refractivity contribution in [3.63, 3.8) is 0 Å². The Morgan fingerprint density at radius 3 is 2.21 bits per heavy atom. The summed E-state index contributed by atoms with van der Waals surface area (Å²) in [5.41, 5.74) is 3.53. The lowest BCUT2D eigenvalue weighted by molar-refractivity contribution is -0.140. The van der Waals surface area contributed by atoms with Gasteiger partial charge in [-0.05, 0) is 60.8 Å². The fourth-order valence-electron chi connectivity index (χ4n) is 4.32. The van der Waals surface area contributed by atoms with E-state index in [1.165, 1.54) is 5.56 Å². The van der Waals surface area contributed by atoms with Crippen molar-refractivity contribution in [2.24, 2.45) is 0 Å². The predicted molar refractivity (Wildman–Crippen MR) is 135 cm³/mol. The van der Waals surface area contributed by atoms with Gasteiger partial charge in [0.15, 0.2) is 0 Å². The molecule has 0 radical (unpaired) electrons. The van der Waals surface area contributed by atoms with E-state index in [0.717, 1.165) is 16.9 Å². The van der Waals surface area contributed by atoms with E-state index >= 15 is 0 Å². The number of rotatable bonds is 8. The van der Waals surface area contributed by atoms with Gasteiger partial charge in [-0.3, -0.25) is 9.59 Å². The van der Waals surface area contributed by atoms with Crippen LogP contribution in [0.1, 0.15) is 67.8 Å². The van der Waals surface area contributed by atoms with Crippen LogP contribution in [0.4, 0.5) is 0 Å². The molecule has 0 spiro atoms. The lowest BCUT2D eigenvalue weighted by atomic mass is 9.92. The first kappa shape index (κ1) is 25.5. The van der Waals surface area contributed by atoms with Gasteiger partial charge in [-0.25, -0.2) is 0 Å². The summed E-state index contributed by atoms with van der Waals surface area (Å²) in [5.74, 6) is -0.158. The molecule has 1 saturated heterocycles. The first-order valence-electron chi connectivity index (χ1n) is 11.8. The second-order valence-corrected chi connectivity index (χ2v) is 9.73. The number of aliphatic hydroxyl groups excluding tert-OH is 1. The number of hydrogen-bond donors (Lipinski definition) is 1. The van der Waals surface area contributed by atoms with Gasteiger partial charge in [0.2, 0.25) is 0 Å². The number of amides is 1. The number of Topliss-reactive ketones (excluding diaryl/α,β-unsaturated/α-hetero) is 1. The molecule has 1 aliphatic heterocycles. The van der Waals surface area contributed by atoms with Gasteiger partial charge in [0, 0.05) is 18.7 Å². The minimum absolute atomic E-state index is 0.126. The Morgan fingerprint density at radius 1 is 1.03 bits per heavy atom. The van der Waals surface area contributed by atoms with Gasteiger partial charge in [0.1, 0.15) is 11.5 Å². The number of ether oxygens (including phenoxy) is 1. The first-order chi connectivity index (χ1) is 16.1. The summed E-state index contributed by atoms with van der Waals surface area (Å²) in [6.07, 6.45) is 0. The third kappa shape index (κ3) is 5.02. The molecule has 6 nitrogen and oxygen atoms in total. The highest BCUT2D eigenvalue weighted by atomic mass is 16.5. The summed E-state index contributed by atoms with van der Waals surface area (Å²) >= 11 is 0. The van der Waals surface area contributed by atoms with Gasteiger partial charge in [0.05, 0.1) is 18.7 Å². The number of aliphatic hydroxyl groups is 1. The highest BCUT2D eigenvalue weighted by molar-refractivity contribution is 6.46. The van der Waals surface area contributed by atoms with Crippen LogP contribution in [0.25, 0.3) is 5.76 Å². The number of carbonyl (C=O) groups is 2. The summed E-state index contributed by atoms with van der Waals surface area (Å²) in [6.45, 7) is 9.30. The van der Waals surface area contributed by atoms with Crippen molar-refractivity contribution < 1.29 is 19.4 Å². The molecule has 1 N–H and O–H groups in total. The summed E-state index contributed by atoms with van der Waals surface area (Å²) in [5, 5.41) is 11.4.